The van der Waals surface area contributed by atoms with Crippen molar-refractivity contribution in [3.8, 4) is 5.75 Å². The van der Waals surface area contributed by atoms with Gasteiger partial charge in [-0.05, 0) is 42.2 Å². The Morgan fingerprint density at radius 1 is 1.19 bits per heavy atom. The maximum Gasteiger partial charge on any atom is 0.200 e. The highest BCUT2D eigenvalue weighted by molar-refractivity contribution is 5.97. The molecule has 0 fully saturated rings. The predicted molar refractivity (Wildman–Crippen MR) is 81.5 cm³/mol. The van der Waals surface area contributed by atoms with Gasteiger partial charge in [-0.15, -0.1) is 0 Å². The average molecular weight is 286 g/mol. The van der Waals surface area contributed by atoms with E-state index in [1.54, 1.807) is 6.07 Å². The first kappa shape index (κ1) is 15.2. The Morgan fingerprint density at radius 3 is 2.62 bits per heavy atom. The number of hydrogen-bond donors (Lipinski definition) is 0. The molecule has 0 saturated heterocycles. The van der Waals surface area contributed by atoms with Crippen molar-refractivity contribution in [1.29, 1.82) is 0 Å². The second kappa shape index (κ2) is 6.53. The zero-order valence-electron chi connectivity index (χ0n) is 12.5. The van der Waals surface area contributed by atoms with E-state index in [0.29, 0.717) is 11.5 Å². The molecule has 2 rings (SSSR count). The lowest BCUT2D eigenvalue weighted by Gasteiger charge is -2.14. The summed E-state index contributed by atoms with van der Waals surface area (Å²) >= 11 is 0. The summed E-state index contributed by atoms with van der Waals surface area (Å²) in [5.41, 5.74) is 2.47. The van der Waals surface area contributed by atoms with Crippen LogP contribution in [0.3, 0.4) is 0 Å². The van der Waals surface area contributed by atoms with Gasteiger partial charge in [-0.25, -0.2) is 4.39 Å². The monoisotopic (exact) mass is 286 g/mol. The van der Waals surface area contributed by atoms with Crippen LogP contribution in [0, 0.1) is 12.7 Å². The molecule has 0 saturated carbocycles. The van der Waals surface area contributed by atoms with Crippen molar-refractivity contribution in [2.24, 2.45) is 0 Å². The normalized spacial score (nSPS) is 10.7. The van der Waals surface area contributed by atoms with Crippen LogP contribution in [-0.2, 0) is 0 Å². The molecule has 2 aromatic rings. The van der Waals surface area contributed by atoms with Crippen molar-refractivity contribution < 1.29 is 13.9 Å². The predicted octanol–water partition coefficient (Wildman–Crippen LogP) is 4.52. The lowest BCUT2D eigenvalue weighted by Crippen LogP contribution is -2.13. The topological polar surface area (TPSA) is 26.3 Å². The van der Waals surface area contributed by atoms with Gasteiger partial charge in [-0.3, -0.25) is 4.79 Å². The number of carbonyl (C=O) groups excluding carboxylic acids is 1. The van der Waals surface area contributed by atoms with E-state index in [-0.39, 0.29) is 12.4 Å². The van der Waals surface area contributed by atoms with Crippen molar-refractivity contribution in [2.75, 3.05) is 6.61 Å². The van der Waals surface area contributed by atoms with Gasteiger partial charge in [0.15, 0.2) is 12.4 Å². The Hall–Kier alpha value is -2.16. The van der Waals surface area contributed by atoms with Crippen LogP contribution in [-0.4, -0.2) is 12.4 Å². The molecule has 0 aliphatic rings. The molecular formula is C18H19FO2. The number of hydrogen-bond acceptors (Lipinski definition) is 2. The van der Waals surface area contributed by atoms with E-state index in [1.165, 1.54) is 18.2 Å². The van der Waals surface area contributed by atoms with E-state index in [4.69, 9.17) is 4.74 Å². The molecule has 0 bridgehead atoms. The first-order valence-corrected chi connectivity index (χ1v) is 6.99. The summed E-state index contributed by atoms with van der Waals surface area (Å²) in [5, 5.41) is 0. The molecule has 0 heterocycles. The van der Waals surface area contributed by atoms with Crippen LogP contribution < -0.4 is 4.74 Å². The summed E-state index contributed by atoms with van der Waals surface area (Å²) in [6.07, 6.45) is 0. The molecule has 0 amide bonds. The standard InChI is InChI=1S/C18H19FO2/c1-12(2)16-8-7-13(3)9-18(16)21-11-17(20)14-5-4-6-15(19)10-14/h4-10,12H,11H2,1-3H3. The molecular weight excluding hydrogens is 267 g/mol. The van der Waals surface area contributed by atoms with Gasteiger partial charge >= 0.3 is 0 Å². The number of aryl methyl sites for hydroxylation is 1. The smallest absolute Gasteiger partial charge is 0.200 e. The zero-order chi connectivity index (χ0) is 15.4. The maximum atomic E-state index is 13.1. The average Bonchev–Trinajstić information content (AvgIpc) is 2.44. The highest BCUT2D eigenvalue weighted by Crippen LogP contribution is 2.27. The Balaban J connectivity index is 2.13. The van der Waals surface area contributed by atoms with E-state index in [0.717, 1.165) is 16.9 Å². The highest BCUT2D eigenvalue weighted by Gasteiger charge is 2.12. The summed E-state index contributed by atoms with van der Waals surface area (Å²) in [6, 6.07) is 11.6. The summed E-state index contributed by atoms with van der Waals surface area (Å²) < 4.78 is 18.8. The van der Waals surface area contributed by atoms with Crippen molar-refractivity contribution in [1.82, 2.24) is 0 Å². The third kappa shape index (κ3) is 3.91. The van der Waals surface area contributed by atoms with Crippen molar-refractivity contribution in [2.45, 2.75) is 26.7 Å². The Bertz CT molecular complexity index is 647. The molecule has 21 heavy (non-hydrogen) atoms. The van der Waals surface area contributed by atoms with Crippen LogP contribution in [0.4, 0.5) is 4.39 Å². The fourth-order valence-electron chi connectivity index (χ4n) is 2.13. The summed E-state index contributed by atoms with van der Waals surface area (Å²) in [5.74, 6) is 0.379. The maximum absolute atomic E-state index is 13.1. The summed E-state index contributed by atoms with van der Waals surface area (Å²) in [4.78, 5) is 12.0. The Labute approximate surface area is 124 Å². The third-order valence-corrected chi connectivity index (χ3v) is 3.30. The van der Waals surface area contributed by atoms with Crippen molar-refractivity contribution in [3.63, 3.8) is 0 Å². The van der Waals surface area contributed by atoms with Gasteiger partial charge in [-0.1, -0.05) is 38.1 Å². The zero-order valence-corrected chi connectivity index (χ0v) is 12.5. The summed E-state index contributed by atoms with van der Waals surface area (Å²) in [6.45, 7) is 6.04. The molecule has 3 heteroatoms. The number of benzene rings is 2. The number of ketones is 1. The minimum atomic E-state index is -0.417. The number of ether oxygens (including phenoxy) is 1. The number of halogens is 1. The number of rotatable bonds is 5. The molecule has 0 atom stereocenters. The van der Waals surface area contributed by atoms with Crippen molar-refractivity contribution >= 4 is 5.78 Å². The Kier molecular flexibility index (Phi) is 4.73. The fraction of sp³-hybridized carbons (Fsp3) is 0.278. The molecule has 110 valence electrons. The van der Waals surface area contributed by atoms with Crippen LogP contribution in [0.25, 0.3) is 0 Å². The highest BCUT2D eigenvalue weighted by atomic mass is 19.1. The van der Waals surface area contributed by atoms with Gasteiger partial charge in [0.1, 0.15) is 11.6 Å². The summed E-state index contributed by atoms with van der Waals surface area (Å²) in [7, 11) is 0. The van der Waals surface area contributed by atoms with Gasteiger partial charge in [0, 0.05) is 5.56 Å². The van der Waals surface area contributed by atoms with Gasteiger partial charge in [0.25, 0.3) is 0 Å². The molecule has 2 aromatic carbocycles. The Morgan fingerprint density at radius 2 is 1.95 bits per heavy atom. The third-order valence-electron chi connectivity index (χ3n) is 3.30. The van der Waals surface area contributed by atoms with Crippen LogP contribution in [0.2, 0.25) is 0 Å². The molecule has 0 radical (unpaired) electrons. The van der Waals surface area contributed by atoms with Crippen LogP contribution in [0.15, 0.2) is 42.5 Å². The molecule has 0 aromatic heterocycles. The minimum Gasteiger partial charge on any atom is -0.485 e. The number of Topliss-reactive ketones (excluding diaryl/α,β-unsaturated/α-hetero) is 1. The quantitative estimate of drug-likeness (QED) is 0.755. The second-order valence-electron chi connectivity index (χ2n) is 5.42. The molecule has 0 unspecified atom stereocenters. The van der Waals surface area contributed by atoms with Crippen LogP contribution in [0.5, 0.6) is 5.75 Å². The molecule has 2 nitrogen and oxygen atoms in total. The second-order valence-corrected chi connectivity index (χ2v) is 5.42. The van der Waals surface area contributed by atoms with E-state index in [2.05, 4.69) is 13.8 Å². The molecule has 0 spiro atoms. The molecule has 0 aliphatic carbocycles. The van der Waals surface area contributed by atoms with Gasteiger partial charge < -0.3 is 4.74 Å². The molecule has 0 aliphatic heterocycles. The van der Waals surface area contributed by atoms with E-state index >= 15 is 0 Å². The van der Waals surface area contributed by atoms with E-state index in [1.807, 2.05) is 25.1 Å². The van der Waals surface area contributed by atoms with Gasteiger partial charge in [-0.2, -0.15) is 0 Å². The number of carbonyl (C=O) groups is 1. The lowest BCUT2D eigenvalue weighted by molar-refractivity contribution is 0.0920. The van der Waals surface area contributed by atoms with Gasteiger partial charge in [0.2, 0.25) is 0 Å². The van der Waals surface area contributed by atoms with Crippen LogP contribution in [0.1, 0.15) is 41.3 Å². The first-order valence-electron chi connectivity index (χ1n) is 6.99. The van der Waals surface area contributed by atoms with Crippen molar-refractivity contribution in [3.05, 3.63) is 65.0 Å². The SMILES string of the molecule is Cc1ccc(C(C)C)c(OCC(=O)c2cccc(F)c2)c1. The molecule has 0 N–H and O–H groups in total. The minimum absolute atomic E-state index is 0.0906. The fourth-order valence-corrected chi connectivity index (χ4v) is 2.13. The largest absolute Gasteiger partial charge is 0.485 e. The van der Waals surface area contributed by atoms with E-state index in [9.17, 15) is 9.18 Å². The van der Waals surface area contributed by atoms with Gasteiger partial charge in [0.05, 0.1) is 0 Å². The lowest BCUT2D eigenvalue weighted by atomic mass is 10.0. The van der Waals surface area contributed by atoms with E-state index < -0.39 is 5.82 Å². The first-order chi connectivity index (χ1) is 9.97. The van der Waals surface area contributed by atoms with Crippen LogP contribution >= 0.6 is 0 Å².